The highest BCUT2D eigenvalue weighted by Gasteiger charge is 2.51. The van der Waals surface area contributed by atoms with Crippen molar-refractivity contribution in [1.29, 1.82) is 0 Å². The van der Waals surface area contributed by atoms with Gasteiger partial charge in [-0.25, -0.2) is 4.68 Å². The summed E-state index contributed by atoms with van der Waals surface area (Å²) in [6, 6.07) is 0. The first kappa shape index (κ1) is 27.5. The van der Waals surface area contributed by atoms with Crippen LogP contribution >= 0.6 is 0 Å². The Morgan fingerprint density at radius 1 is 0.950 bits per heavy atom. The van der Waals surface area contributed by atoms with Crippen LogP contribution in [-0.4, -0.2) is 87.3 Å². The molecule has 0 unspecified atom stereocenters. The first-order chi connectivity index (χ1) is 19.4. The van der Waals surface area contributed by atoms with Crippen LogP contribution in [0.4, 0.5) is 0 Å². The number of aromatic nitrogens is 2. The Morgan fingerprint density at radius 2 is 1.60 bits per heavy atom. The third-order valence-electron chi connectivity index (χ3n) is 10.3. The van der Waals surface area contributed by atoms with Crippen LogP contribution < -0.4 is 10.1 Å². The van der Waals surface area contributed by atoms with Gasteiger partial charge in [0, 0.05) is 38.3 Å². The average molecular weight is 556 g/mol. The van der Waals surface area contributed by atoms with Crippen molar-refractivity contribution in [3.8, 4) is 5.88 Å². The number of hydrogen-bond acceptors (Lipinski definition) is 6. The van der Waals surface area contributed by atoms with E-state index in [0.29, 0.717) is 56.7 Å². The number of hydrogen-bond donors (Lipinski definition) is 2. The van der Waals surface area contributed by atoms with Crippen LogP contribution in [0.25, 0.3) is 0 Å². The lowest BCUT2D eigenvalue weighted by Crippen LogP contribution is -2.59. The van der Waals surface area contributed by atoms with E-state index in [1.165, 1.54) is 51.4 Å². The molecule has 2 amide bonds. The quantitative estimate of drug-likeness (QED) is 0.426. The third kappa shape index (κ3) is 6.16. The molecule has 1 saturated heterocycles. The van der Waals surface area contributed by atoms with E-state index in [9.17, 15) is 14.4 Å². The maximum atomic E-state index is 13.8. The zero-order valence-corrected chi connectivity index (χ0v) is 23.7. The summed E-state index contributed by atoms with van der Waals surface area (Å²) in [6.45, 7) is 4.35. The van der Waals surface area contributed by atoms with Gasteiger partial charge in [0.15, 0.2) is 0 Å². The molecule has 6 fully saturated rings. The molecule has 10 nitrogen and oxygen atoms in total. The molecule has 0 radical (unpaired) electrons. The van der Waals surface area contributed by atoms with E-state index in [0.717, 1.165) is 43.6 Å². The number of rotatable bonds is 10. The van der Waals surface area contributed by atoms with Crippen molar-refractivity contribution in [2.45, 2.75) is 89.1 Å². The molecule has 1 aromatic heterocycles. The molecule has 7 rings (SSSR count). The predicted octanol–water partition coefficient (Wildman–Crippen LogP) is 3.16. The summed E-state index contributed by atoms with van der Waals surface area (Å²) in [4.78, 5) is 40.6. The number of amides is 2. The lowest BCUT2D eigenvalue weighted by molar-refractivity contribution is -0.145. The minimum Gasteiger partial charge on any atom is -0.481 e. The number of ether oxygens (including phenoxy) is 1. The van der Waals surface area contributed by atoms with Crippen LogP contribution in [0.1, 0.15) is 87.4 Å². The molecule has 40 heavy (non-hydrogen) atoms. The summed E-state index contributed by atoms with van der Waals surface area (Å²) in [5, 5.41) is 17.0. The fourth-order valence-electron chi connectivity index (χ4n) is 8.66. The van der Waals surface area contributed by atoms with E-state index in [1.54, 1.807) is 11.1 Å². The van der Waals surface area contributed by atoms with Gasteiger partial charge in [-0.2, -0.15) is 5.10 Å². The number of carbonyl (C=O) groups is 3. The monoisotopic (exact) mass is 555 g/mol. The molecule has 1 aromatic rings. The van der Waals surface area contributed by atoms with Crippen LogP contribution in [0, 0.1) is 23.7 Å². The van der Waals surface area contributed by atoms with Gasteiger partial charge in [-0.3, -0.25) is 19.3 Å². The minimum atomic E-state index is -1.09. The number of carbonyl (C=O) groups excluding carboxylic acids is 2. The van der Waals surface area contributed by atoms with E-state index in [2.05, 4.69) is 15.3 Å². The molecule has 6 aliphatic rings. The van der Waals surface area contributed by atoms with Crippen LogP contribution in [-0.2, 0) is 16.1 Å². The second-order valence-corrected chi connectivity index (χ2v) is 13.3. The van der Waals surface area contributed by atoms with Crippen LogP contribution in [0.3, 0.4) is 0 Å². The normalized spacial score (nSPS) is 30.4. The van der Waals surface area contributed by atoms with Gasteiger partial charge in [-0.15, -0.1) is 0 Å². The Labute approximate surface area is 236 Å². The zero-order chi connectivity index (χ0) is 27.7. The lowest BCUT2D eigenvalue weighted by atomic mass is 9.53. The van der Waals surface area contributed by atoms with Gasteiger partial charge in [0.1, 0.15) is 12.0 Å². The molecular formula is C30H45N5O5. The Bertz CT molecular complexity index is 1050. The first-order valence-electron chi connectivity index (χ1n) is 15.6. The standard InChI is InChI=1S/C30H45N5O5/c36-26(15-27(37)38)34-9-6-33(7-10-34)8-11-35-29(40-20-21-4-2-1-3-5-21)25(19-31-35)28(39)32-30-16-22-12-23(17-30)14-24(13-22)18-30/h19,21-24H,1-18,20H2,(H,32,39)(H,37,38). The number of nitrogens with zero attached hydrogens (tertiary/aromatic N) is 4. The summed E-state index contributed by atoms with van der Waals surface area (Å²) in [5.74, 6) is 1.93. The molecule has 0 aromatic carbocycles. The van der Waals surface area contributed by atoms with Crippen molar-refractivity contribution in [3.05, 3.63) is 11.8 Å². The number of piperazine rings is 1. The Balaban J connectivity index is 1.10. The SMILES string of the molecule is O=C(O)CC(=O)N1CCN(CCn2ncc(C(=O)NC34CC5CC(CC(C5)C3)C4)c2OCC2CCCCC2)CC1. The van der Waals surface area contributed by atoms with E-state index in [-0.39, 0.29) is 17.4 Å². The highest BCUT2D eigenvalue weighted by Crippen LogP contribution is 2.55. The highest BCUT2D eigenvalue weighted by molar-refractivity contribution is 5.96. The minimum absolute atomic E-state index is 0.0441. The molecule has 0 atom stereocenters. The second-order valence-electron chi connectivity index (χ2n) is 13.3. The second kappa shape index (κ2) is 11.7. The van der Waals surface area contributed by atoms with E-state index in [1.807, 2.05) is 4.68 Å². The van der Waals surface area contributed by atoms with Gasteiger partial charge in [-0.05, 0) is 75.0 Å². The molecule has 2 heterocycles. The Hall–Kier alpha value is -2.62. The van der Waals surface area contributed by atoms with Gasteiger partial charge in [0.25, 0.3) is 5.91 Å². The maximum Gasteiger partial charge on any atom is 0.312 e. The topological polar surface area (TPSA) is 117 Å². The number of nitrogens with one attached hydrogen (secondary N) is 1. The molecule has 5 aliphatic carbocycles. The summed E-state index contributed by atoms with van der Waals surface area (Å²) in [6.07, 6.45) is 14.7. The van der Waals surface area contributed by atoms with Crippen LogP contribution in [0.5, 0.6) is 5.88 Å². The fourth-order valence-corrected chi connectivity index (χ4v) is 8.66. The van der Waals surface area contributed by atoms with Gasteiger partial charge < -0.3 is 20.1 Å². The molecule has 0 spiro atoms. The van der Waals surface area contributed by atoms with Crippen molar-refractivity contribution in [3.63, 3.8) is 0 Å². The summed E-state index contributed by atoms with van der Waals surface area (Å²) in [5.41, 5.74) is 0.488. The van der Waals surface area contributed by atoms with Gasteiger partial charge >= 0.3 is 5.97 Å². The molecule has 2 N–H and O–H groups in total. The lowest BCUT2D eigenvalue weighted by Gasteiger charge is -2.56. The summed E-state index contributed by atoms with van der Waals surface area (Å²) < 4.78 is 8.27. The number of carboxylic acid groups (broad SMARTS) is 1. The summed E-state index contributed by atoms with van der Waals surface area (Å²) >= 11 is 0. The van der Waals surface area contributed by atoms with E-state index in [4.69, 9.17) is 9.84 Å². The van der Waals surface area contributed by atoms with E-state index < -0.39 is 12.4 Å². The van der Waals surface area contributed by atoms with Crippen molar-refractivity contribution in [2.75, 3.05) is 39.3 Å². The van der Waals surface area contributed by atoms with Gasteiger partial charge in [-0.1, -0.05) is 19.3 Å². The highest BCUT2D eigenvalue weighted by atomic mass is 16.5. The van der Waals surface area contributed by atoms with Crippen molar-refractivity contribution in [1.82, 2.24) is 24.9 Å². The third-order valence-corrected chi connectivity index (χ3v) is 10.3. The van der Waals surface area contributed by atoms with Gasteiger partial charge in [0.05, 0.1) is 19.3 Å². The first-order valence-corrected chi connectivity index (χ1v) is 15.6. The van der Waals surface area contributed by atoms with Gasteiger partial charge in [0.2, 0.25) is 11.8 Å². The largest absolute Gasteiger partial charge is 0.481 e. The molecule has 220 valence electrons. The zero-order valence-electron chi connectivity index (χ0n) is 23.7. The predicted molar refractivity (Wildman–Crippen MR) is 148 cm³/mol. The number of aliphatic carboxylic acids is 1. The maximum absolute atomic E-state index is 13.8. The average Bonchev–Trinajstić information content (AvgIpc) is 3.33. The van der Waals surface area contributed by atoms with Crippen molar-refractivity contribution in [2.24, 2.45) is 23.7 Å². The molecular weight excluding hydrogens is 510 g/mol. The Morgan fingerprint density at radius 3 is 2.23 bits per heavy atom. The molecule has 10 heteroatoms. The molecule has 4 bridgehead atoms. The molecule has 5 saturated carbocycles. The smallest absolute Gasteiger partial charge is 0.312 e. The van der Waals surface area contributed by atoms with Crippen LogP contribution in [0.2, 0.25) is 0 Å². The van der Waals surface area contributed by atoms with Crippen LogP contribution in [0.15, 0.2) is 6.20 Å². The summed E-state index contributed by atoms with van der Waals surface area (Å²) in [7, 11) is 0. The van der Waals surface area contributed by atoms with Crippen molar-refractivity contribution < 1.29 is 24.2 Å². The Kier molecular flexibility index (Phi) is 8.06. The fraction of sp³-hybridized carbons (Fsp3) is 0.800. The van der Waals surface area contributed by atoms with Crippen molar-refractivity contribution >= 4 is 17.8 Å². The van der Waals surface area contributed by atoms with E-state index >= 15 is 0 Å². The molecule has 1 aliphatic heterocycles. The number of carboxylic acids is 1.